The van der Waals surface area contributed by atoms with Gasteiger partial charge in [0.25, 0.3) is 0 Å². The van der Waals surface area contributed by atoms with Gasteiger partial charge in [-0.25, -0.2) is 0 Å². The van der Waals surface area contributed by atoms with Crippen LogP contribution >= 0.6 is 0 Å². The molecule has 7 heteroatoms. The van der Waals surface area contributed by atoms with Crippen LogP contribution in [0.3, 0.4) is 0 Å². The average Bonchev–Trinajstić information content (AvgIpc) is 3.59. The van der Waals surface area contributed by atoms with Crippen LogP contribution in [-0.4, -0.2) is 11.9 Å². The van der Waals surface area contributed by atoms with Gasteiger partial charge in [0.1, 0.15) is 0 Å². The van der Waals surface area contributed by atoms with Gasteiger partial charge in [0.2, 0.25) is 0 Å². The third-order valence-electron chi connectivity index (χ3n) is 7.13. The zero-order chi connectivity index (χ0) is 27.0. The Labute approximate surface area is 228 Å². The molecule has 0 radical (unpaired) electrons. The summed E-state index contributed by atoms with van der Waals surface area (Å²) in [6.07, 6.45) is 7.77. The van der Waals surface area contributed by atoms with Crippen LogP contribution in [0.4, 0.5) is 8.78 Å². The van der Waals surface area contributed by atoms with E-state index >= 15 is 0 Å². The van der Waals surface area contributed by atoms with Gasteiger partial charge in [-0.15, -0.1) is 0 Å². The van der Waals surface area contributed by atoms with Gasteiger partial charge < -0.3 is 0 Å². The van der Waals surface area contributed by atoms with Gasteiger partial charge in [0, 0.05) is 0 Å². The predicted molar refractivity (Wildman–Crippen MR) is 140 cm³/mol. The van der Waals surface area contributed by atoms with Crippen molar-refractivity contribution in [3.63, 3.8) is 0 Å². The summed E-state index contributed by atoms with van der Waals surface area (Å²) in [5.41, 5.74) is 3.99. The summed E-state index contributed by atoms with van der Waals surface area (Å²) in [4.78, 5) is 27.4. The van der Waals surface area contributed by atoms with Crippen molar-refractivity contribution < 1.29 is 42.4 Å². The van der Waals surface area contributed by atoms with Crippen LogP contribution in [0.1, 0.15) is 51.4 Å². The molecule has 2 aliphatic carbocycles. The van der Waals surface area contributed by atoms with Crippen LogP contribution in [0.25, 0.3) is 12.2 Å². The van der Waals surface area contributed by atoms with Gasteiger partial charge in [-0.3, -0.25) is 0 Å². The monoisotopic (exact) mass is 556 g/mol. The Morgan fingerprint density at radius 2 is 0.949 bits per heavy atom. The Kier molecular flexibility index (Phi) is 6.59. The molecule has 2 unspecified atom stereocenters. The average molecular weight is 556 g/mol. The number of benzene rings is 4. The van der Waals surface area contributed by atoms with Gasteiger partial charge in [-0.1, -0.05) is 0 Å². The Morgan fingerprint density at radius 3 is 1.36 bits per heavy atom. The van der Waals surface area contributed by atoms with Crippen LogP contribution in [0.5, 0.6) is 0 Å². The van der Waals surface area contributed by atoms with E-state index in [9.17, 15) is 18.4 Å². The molecule has 39 heavy (non-hydrogen) atoms. The van der Waals surface area contributed by atoms with Crippen LogP contribution in [0.15, 0.2) is 109 Å². The van der Waals surface area contributed by atoms with Crippen molar-refractivity contribution in [1.29, 1.82) is 0 Å². The van der Waals surface area contributed by atoms with Crippen LogP contribution in [-0.2, 0) is 24.0 Å². The van der Waals surface area contributed by atoms with E-state index in [1.54, 1.807) is 0 Å². The van der Waals surface area contributed by atoms with Gasteiger partial charge in [0.15, 0.2) is 0 Å². The fourth-order valence-electron chi connectivity index (χ4n) is 5.25. The quantitative estimate of drug-likeness (QED) is 0.231. The third-order valence-corrected chi connectivity index (χ3v) is 13.0. The van der Waals surface area contributed by atoms with Crippen LogP contribution in [0.2, 0.25) is 0 Å². The number of rotatable bonds is 6. The first-order chi connectivity index (χ1) is 18.9. The van der Waals surface area contributed by atoms with E-state index in [0.29, 0.717) is 0 Å². The molecule has 0 bridgehead atoms. The first kappa shape index (κ1) is 25.2. The molecule has 0 saturated heterocycles. The van der Waals surface area contributed by atoms with E-state index in [1.165, 1.54) is 48.5 Å². The number of carbonyl (C=O) groups excluding carboxylic acids is 2. The number of allylic oxidation sites excluding steroid dienone is 2. The maximum atomic E-state index is 13.7. The number of hydrogen-bond donors (Lipinski definition) is 0. The van der Waals surface area contributed by atoms with Crippen LogP contribution < -0.4 is 0 Å². The van der Waals surface area contributed by atoms with Crippen molar-refractivity contribution in [2.24, 2.45) is 0 Å². The SMILES string of the molecule is O=C([O][Ti]([O]C(=O)c1ccc(F)cc1)([CH]1C=Cc2ccccc21)[CH]1C=Cc2ccccc21)c1ccc(F)cc1. The summed E-state index contributed by atoms with van der Waals surface area (Å²) in [7, 11) is 0. The Morgan fingerprint density at radius 1 is 0.564 bits per heavy atom. The summed E-state index contributed by atoms with van der Waals surface area (Å²) in [6.45, 7) is 0. The molecule has 0 heterocycles. The third kappa shape index (κ3) is 4.67. The molecule has 0 N–H and O–H groups in total. The summed E-state index contributed by atoms with van der Waals surface area (Å²) < 4.78 is 39.2. The first-order valence-electron chi connectivity index (χ1n) is 12.5. The zero-order valence-corrected chi connectivity index (χ0v) is 22.2. The maximum absolute atomic E-state index is 13.7. The van der Waals surface area contributed by atoms with Crippen molar-refractivity contribution in [1.82, 2.24) is 0 Å². The fraction of sp³-hybridized carbons (Fsp3) is 0.0625. The summed E-state index contributed by atoms with van der Waals surface area (Å²) in [5, 5.41) is 0. The second-order valence-electron chi connectivity index (χ2n) is 9.45. The van der Waals surface area contributed by atoms with Crippen molar-refractivity contribution in [2.75, 3.05) is 0 Å². The Bertz CT molecular complexity index is 1500. The molecule has 2 aliphatic rings. The van der Waals surface area contributed by atoms with E-state index < -0.39 is 49.4 Å². The van der Waals surface area contributed by atoms with Gasteiger partial charge in [-0.05, 0) is 0 Å². The first-order valence-corrected chi connectivity index (χ1v) is 15.5. The van der Waals surface area contributed by atoms with Crippen molar-refractivity contribution in [3.05, 3.63) is 154 Å². The molecular weight excluding hydrogens is 534 g/mol. The molecule has 0 aromatic heterocycles. The molecule has 192 valence electrons. The molecule has 6 rings (SSSR count). The number of hydrogen-bond acceptors (Lipinski definition) is 4. The van der Waals surface area contributed by atoms with E-state index in [4.69, 9.17) is 6.64 Å². The van der Waals surface area contributed by atoms with Crippen LogP contribution in [0, 0.1) is 11.6 Å². The summed E-state index contributed by atoms with van der Waals surface area (Å²) >= 11 is -4.76. The zero-order valence-electron chi connectivity index (χ0n) is 20.6. The van der Waals surface area contributed by atoms with E-state index in [1.807, 2.05) is 72.8 Å². The van der Waals surface area contributed by atoms with Gasteiger partial charge in [0.05, 0.1) is 0 Å². The molecule has 4 aromatic carbocycles. The van der Waals surface area contributed by atoms with Crippen molar-refractivity contribution >= 4 is 24.1 Å². The molecular formula is C32H22F2O4Ti. The number of carbonyl (C=O) groups is 2. The molecule has 4 aromatic rings. The molecule has 0 spiro atoms. The second-order valence-corrected chi connectivity index (χ2v) is 14.3. The number of fused-ring (bicyclic) bond motifs is 2. The standard InChI is InChI=1S/2C9H7.2C7H5FO2.Ti/c2*1-2-5-9-7-3-6-8(9)4-1;2*8-6-3-1-5(2-4-6)7(9)10;/h2*1-7H;2*1-4H,(H,9,10);/q;;;;+2/p-2. The fourth-order valence-corrected chi connectivity index (χ4v) is 11.3. The predicted octanol–water partition coefficient (Wildman–Crippen LogP) is 7.50. The minimum atomic E-state index is -4.76. The normalized spacial score (nSPS) is 17.0. The molecule has 0 amide bonds. The Balaban J connectivity index is 1.53. The Hall–Kier alpha value is -4.13. The molecule has 0 saturated carbocycles. The van der Waals surface area contributed by atoms with E-state index in [0.717, 1.165) is 22.3 Å². The minimum absolute atomic E-state index is 0.148. The van der Waals surface area contributed by atoms with E-state index in [2.05, 4.69) is 0 Å². The number of halogens is 2. The summed E-state index contributed by atoms with van der Waals surface area (Å²) in [6, 6.07) is 25.6. The van der Waals surface area contributed by atoms with E-state index in [-0.39, 0.29) is 11.1 Å². The molecule has 4 nitrogen and oxygen atoms in total. The molecule has 0 fully saturated rings. The van der Waals surface area contributed by atoms with Gasteiger partial charge >= 0.3 is 229 Å². The van der Waals surface area contributed by atoms with Gasteiger partial charge in [-0.2, -0.15) is 0 Å². The topological polar surface area (TPSA) is 52.6 Å². The van der Waals surface area contributed by atoms with Crippen molar-refractivity contribution in [2.45, 2.75) is 8.45 Å². The summed E-state index contributed by atoms with van der Waals surface area (Å²) in [5.74, 6) is -2.36. The van der Waals surface area contributed by atoms with Crippen molar-refractivity contribution in [3.8, 4) is 0 Å². The molecule has 2 atom stereocenters. The molecule has 0 aliphatic heterocycles. The second kappa shape index (κ2) is 10.2.